The second kappa shape index (κ2) is 5.48. The lowest BCUT2D eigenvalue weighted by atomic mass is 10.1. The summed E-state index contributed by atoms with van der Waals surface area (Å²) in [6, 6.07) is 5.07. The Morgan fingerprint density at radius 1 is 1.42 bits per heavy atom. The molecule has 6 heteroatoms. The number of aliphatic hydroxyl groups excluding tert-OH is 1. The molecule has 0 saturated carbocycles. The zero-order chi connectivity index (χ0) is 14.0. The van der Waals surface area contributed by atoms with E-state index in [4.69, 9.17) is 4.74 Å². The number of β-amino-alcohol motifs (C(OH)–C–C–N with tert-alkyl or cyclic N) is 1. The minimum atomic E-state index is -3.61. The van der Waals surface area contributed by atoms with Crippen molar-refractivity contribution in [3.63, 3.8) is 0 Å². The van der Waals surface area contributed by atoms with E-state index in [1.54, 1.807) is 12.1 Å². The highest BCUT2D eigenvalue weighted by atomic mass is 32.2. The van der Waals surface area contributed by atoms with E-state index in [1.807, 2.05) is 13.0 Å². The van der Waals surface area contributed by atoms with Crippen LogP contribution in [-0.4, -0.2) is 44.1 Å². The largest absolute Gasteiger partial charge is 0.495 e. The average Bonchev–Trinajstić information content (AvgIpc) is 2.38. The third-order valence-electron chi connectivity index (χ3n) is 3.30. The Balaban J connectivity index is 2.41. The fourth-order valence-corrected chi connectivity index (χ4v) is 4.02. The van der Waals surface area contributed by atoms with Gasteiger partial charge in [-0.1, -0.05) is 6.07 Å². The molecule has 1 aromatic carbocycles. The predicted molar refractivity (Wildman–Crippen MR) is 71.7 cm³/mol. The molecule has 2 rings (SSSR count). The van der Waals surface area contributed by atoms with E-state index in [9.17, 15) is 13.5 Å². The first-order valence-corrected chi connectivity index (χ1v) is 7.72. The van der Waals surface area contributed by atoms with Crippen LogP contribution < -0.4 is 4.74 Å². The molecule has 1 aliphatic rings. The van der Waals surface area contributed by atoms with Gasteiger partial charge in [0.15, 0.2) is 0 Å². The zero-order valence-corrected chi connectivity index (χ0v) is 12.0. The molecule has 0 spiro atoms. The van der Waals surface area contributed by atoms with Gasteiger partial charge >= 0.3 is 0 Å². The molecule has 1 heterocycles. The minimum absolute atomic E-state index is 0.152. The van der Waals surface area contributed by atoms with E-state index in [2.05, 4.69) is 0 Å². The van der Waals surface area contributed by atoms with Gasteiger partial charge in [-0.25, -0.2) is 8.42 Å². The van der Waals surface area contributed by atoms with Crippen LogP contribution in [0.1, 0.15) is 18.4 Å². The number of piperidine rings is 1. The molecule has 0 amide bonds. The molecule has 19 heavy (non-hydrogen) atoms. The summed E-state index contributed by atoms with van der Waals surface area (Å²) in [7, 11) is -2.16. The van der Waals surface area contributed by atoms with Crippen molar-refractivity contribution >= 4 is 10.0 Å². The quantitative estimate of drug-likeness (QED) is 0.904. The van der Waals surface area contributed by atoms with Gasteiger partial charge < -0.3 is 9.84 Å². The third kappa shape index (κ3) is 2.91. The number of ether oxygens (including phenoxy) is 1. The summed E-state index contributed by atoms with van der Waals surface area (Å²) < 4.78 is 31.7. The summed E-state index contributed by atoms with van der Waals surface area (Å²) in [5.41, 5.74) is 0.858. The Bertz CT molecular complexity index is 556. The summed E-state index contributed by atoms with van der Waals surface area (Å²) in [6.45, 7) is 2.43. The summed E-state index contributed by atoms with van der Waals surface area (Å²) in [5.74, 6) is 0.339. The van der Waals surface area contributed by atoms with E-state index in [0.29, 0.717) is 25.1 Å². The molecule has 0 radical (unpaired) electrons. The summed E-state index contributed by atoms with van der Waals surface area (Å²) in [5, 5.41) is 9.63. The van der Waals surface area contributed by atoms with Crippen molar-refractivity contribution in [2.75, 3.05) is 20.2 Å². The van der Waals surface area contributed by atoms with Crippen LogP contribution in [0.4, 0.5) is 0 Å². The molecule has 1 unspecified atom stereocenters. The second-order valence-electron chi connectivity index (χ2n) is 4.81. The van der Waals surface area contributed by atoms with Crippen LogP contribution in [0.5, 0.6) is 5.75 Å². The van der Waals surface area contributed by atoms with E-state index in [0.717, 1.165) is 5.56 Å². The molecule has 106 valence electrons. The monoisotopic (exact) mass is 285 g/mol. The number of hydrogen-bond acceptors (Lipinski definition) is 4. The normalized spacial score (nSPS) is 21.3. The number of aryl methyl sites for hydroxylation is 1. The van der Waals surface area contributed by atoms with Crippen molar-refractivity contribution in [1.82, 2.24) is 4.31 Å². The number of rotatable bonds is 3. The van der Waals surface area contributed by atoms with Gasteiger partial charge in [0, 0.05) is 13.1 Å². The molecule has 0 aromatic heterocycles. The standard InChI is InChI=1S/C13H19NO4S/c1-10-5-6-12(18-2)13(8-10)19(16,17)14-7-3-4-11(15)9-14/h5-6,8,11,15H,3-4,7,9H2,1-2H3. The number of hydrogen-bond donors (Lipinski definition) is 1. The van der Waals surface area contributed by atoms with Crippen LogP contribution in [0.2, 0.25) is 0 Å². The Kier molecular flexibility index (Phi) is 4.13. The molecule has 1 aromatic rings. The Hall–Kier alpha value is -1.11. The number of methoxy groups -OCH3 is 1. The Morgan fingerprint density at radius 3 is 2.79 bits per heavy atom. The summed E-state index contributed by atoms with van der Waals surface area (Å²) in [6.07, 6.45) is 0.741. The van der Waals surface area contributed by atoms with Crippen LogP contribution in [0, 0.1) is 6.92 Å². The lowest BCUT2D eigenvalue weighted by Crippen LogP contribution is -2.42. The highest BCUT2D eigenvalue weighted by Crippen LogP contribution is 2.29. The fraction of sp³-hybridized carbons (Fsp3) is 0.538. The topological polar surface area (TPSA) is 66.8 Å². The number of benzene rings is 1. The maximum atomic E-state index is 12.6. The fourth-order valence-electron chi connectivity index (χ4n) is 2.26. The van der Waals surface area contributed by atoms with E-state index >= 15 is 0 Å². The van der Waals surface area contributed by atoms with Crippen molar-refractivity contribution in [2.45, 2.75) is 30.8 Å². The third-order valence-corrected chi connectivity index (χ3v) is 5.18. The number of sulfonamides is 1. The summed E-state index contributed by atoms with van der Waals surface area (Å²) in [4.78, 5) is 0.170. The minimum Gasteiger partial charge on any atom is -0.495 e. The van der Waals surface area contributed by atoms with Crippen molar-refractivity contribution in [1.29, 1.82) is 0 Å². The second-order valence-corrected chi connectivity index (χ2v) is 6.72. The van der Waals surface area contributed by atoms with Crippen molar-refractivity contribution in [3.05, 3.63) is 23.8 Å². The molecular formula is C13H19NO4S. The van der Waals surface area contributed by atoms with Crippen LogP contribution >= 0.6 is 0 Å². The SMILES string of the molecule is COc1ccc(C)cc1S(=O)(=O)N1CCCC(O)C1. The van der Waals surface area contributed by atoms with Crippen LogP contribution in [0.25, 0.3) is 0 Å². The van der Waals surface area contributed by atoms with E-state index in [-0.39, 0.29) is 11.4 Å². The molecule has 0 aliphatic carbocycles. The molecular weight excluding hydrogens is 266 g/mol. The molecule has 1 atom stereocenters. The van der Waals surface area contributed by atoms with Crippen LogP contribution in [0.3, 0.4) is 0 Å². The predicted octanol–water partition coefficient (Wildman–Crippen LogP) is 1.15. The Morgan fingerprint density at radius 2 is 2.16 bits per heavy atom. The van der Waals surface area contributed by atoms with Crippen molar-refractivity contribution in [3.8, 4) is 5.75 Å². The van der Waals surface area contributed by atoms with Crippen molar-refractivity contribution in [2.24, 2.45) is 0 Å². The lowest BCUT2D eigenvalue weighted by molar-refractivity contribution is 0.108. The molecule has 1 fully saturated rings. The molecule has 1 N–H and O–H groups in total. The van der Waals surface area contributed by atoms with Gasteiger partial charge in [0.05, 0.1) is 13.2 Å². The van der Waals surface area contributed by atoms with Crippen molar-refractivity contribution < 1.29 is 18.3 Å². The molecule has 1 saturated heterocycles. The number of nitrogens with zero attached hydrogens (tertiary/aromatic N) is 1. The molecule has 0 bridgehead atoms. The van der Waals surface area contributed by atoms with Gasteiger partial charge in [0.25, 0.3) is 0 Å². The van der Waals surface area contributed by atoms with Gasteiger partial charge in [-0.15, -0.1) is 0 Å². The van der Waals surface area contributed by atoms with Crippen LogP contribution in [-0.2, 0) is 10.0 Å². The molecule has 1 aliphatic heterocycles. The first kappa shape index (κ1) is 14.3. The van der Waals surface area contributed by atoms with Gasteiger partial charge in [-0.2, -0.15) is 4.31 Å². The van der Waals surface area contributed by atoms with E-state index in [1.165, 1.54) is 11.4 Å². The maximum Gasteiger partial charge on any atom is 0.246 e. The van der Waals surface area contributed by atoms with Gasteiger partial charge in [-0.05, 0) is 37.5 Å². The summed E-state index contributed by atoms with van der Waals surface area (Å²) >= 11 is 0. The molecule has 5 nitrogen and oxygen atoms in total. The number of aliphatic hydroxyl groups is 1. The van der Waals surface area contributed by atoms with Gasteiger partial charge in [0.2, 0.25) is 10.0 Å². The average molecular weight is 285 g/mol. The highest BCUT2D eigenvalue weighted by molar-refractivity contribution is 7.89. The van der Waals surface area contributed by atoms with E-state index < -0.39 is 16.1 Å². The highest BCUT2D eigenvalue weighted by Gasteiger charge is 2.31. The zero-order valence-electron chi connectivity index (χ0n) is 11.2. The first-order valence-electron chi connectivity index (χ1n) is 6.28. The maximum absolute atomic E-state index is 12.6. The lowest BCUT2D eigenvalue weighted by Gasteiger charge is -2.29. The van der Waals surface area contributed by atoms with Crippen LogP contribution in [0.15, 0.2) is 23.1 Å². The smallest absolute Gasteiger partial charge is 0.246 e. The Labute approximate surface area is 113 Å². The van der Waals surface area contributed by atoms with Gasteiger partial charge in [-0.3, -0.25) is 0 Å². The first-order chi connectivity index (χ1) is 8.95. The van der Waals surface area contributed by atoms with Gasteiger partial charge in [0.1, 0.15) is 10.6 Å².